The van der Waals surface area contributed by atoms with E-state index in [1.165, 1.54) is 12.0 Å². The van der Waals surface area contributed by atoms with Gasteiger partial charge in [0, 0.05) is 12.6 Å². The summed E-state index contributed by atoms with van der Waals surface area (Å²) < 4.78 is 0. The Bertz CT molecular complexity index is 474. The Balaban J connectivity index is 1.78. The van der Waals surface area contributed by atoms with Crippen LogP contribution in [0.3, 0.4) is 0 Å². The fourth-order valence-corrected chi connectivity index (χ4v) is 3.55. The topological polar surface area (TPSA) is 56.0 Å². The number of rotatable bonds is 4. The van der Waals surface area contributed by atoms with Crippen molar-refractivity contribution in [1.82, 2.24) is 4.98 Å². The van der Waals surface area contributed by atoms with Crippen molar-refractivity contribution in [1.29, 1.82) is 0 Å². The molecule has 3 heteroatoms. The zero-order chi connectivity index (χ0) is 13.3. The highest BCUT2D eigenvalue weighted by atomic mass is 16.1. The number of Topliss-reactive ketones (excluding diaryl/α,β-unsaturated/α-hetero) is 1. The summed E-state index contributed by atoms with van der Waals surface area (Å²) in [5.74, 6) is 0.388. The van der Waals surface area contributed by atoms with Gasteiger partial charge in [0.05, 0.1) is 11.6 Å². The molecule has 2 N–H and O–H groups in total. The summed E-state index contributed by atoms with van der Waals surface area (Å²) in [4.78, 5) is 17.1. The van der Waals surface area contributed by atoms with Crippen LogP contribution in [-0.4, -0.2) is 17.3 Å². The summed E-state index contributed by atoms with van der Waals surface area (Å²) in [7, 11) is 0. The fourth-order valence-electron chi connectivity index (χ4n) is 3.55. The minimum atomic E-state index is 0.0222. The molecule has 0 bridgehead atoms. The standard InChI is InChI=1S/C16H22N2O/c17-11-16(7-3-8-16)10-14(19)13-6-1-4-12-5-2-9-18-15(12)13/h2,5,9,13H,1,3-4,6-8,10-11,17H2. The minimum absolute atomic E-state index is 0.0222. The first-order chi connectivity index (χ1) is 9.24. The lowest BCUT2D eigenvalue weighted by Gasteiger charge is -2.41. The van der Waals surface area contributed by atoms with Gasteiger partial charge in [-0.15, -0.1) is 0 Å². The fraction of sp³-hybridized carbons (Fsp3) is 0.625. The third-order valence-electron chi connectivity index (χ3n) is 4.98. The number of aryl methyl sites for hydroxylation is 1. The second-order valence-electron chi connectivity index (χ2n) is 6.19. The molecule has 1 atom stereocenters. The smallest absolute Gasteiger partial charge is 0.142 e. The van der Waals surface area contributed by atoms with Crippen LogP contribution in [0.25, 0.3) is 0 Å². The second kappa shape index (κ2) is 5.04. The van der Waals surface area contributed by atoms with Crippen molar-refractivity contribution in [2.75, 3.05) is 6.54 Å². The van der Waals surface area contributed by atoms with Crippen LogP contribution >= 0.6 is 0 Å². The monoisotopic (exact) mass is 258 g/mol. The molecule has 0 aromatic carbocycles. The Morgan fingerprint density at radius 1 is 1.42 bits per heavy atom. The van der Waals surface area contributed by atoms with Crippen LogP contribution in [0.1, 0.15) is 55.7 Å². The van der Waals surface area contributed by atoms with Crippen molar-refractivity contribution >= 4 is 5.78 Å². The van der Waals surface area contributed by atoms with E-state index < -0.39 is 0 Å². The Morgan fingerprint density at radius 3 is 2.95 bits per heavy atom. The van der Waals surface area contributed by atoms with Crippen LogP contribution in [0, 0.1) is 5.41 Å². The third-order valence-corrected chi connectivity index (χ3v) is 4.98. The average molecular weight is 258 g/mol. The van der Waals surface area contributed by atoms with Crippen LogP contribution in [0.2, 0.25) is 0 Å². The van der Waals surface area contributed by atoms with E-state index in [9.17, 15) is 4.79 Å². The molecule has 19 heavy (non-hydrogen) atoms. The first-order valence-electron chi connectivity index (χ1n) is 7.41. The van der Waals surface area contributed by atoms with E-state index in [1.807, 2.05) is 12.3 Å². The molecule has 2 aliphatic carbocycles. The predicted molar refractivity (Wildman–Crippen MR) is 74.9 cm³/mol. The molecule has 0 saturated heterocycles. The summed E-state index contributed by atoms with van der Waals surface area (Å²) >= 11 is 0. The molecule has 1 aromatic rings. The number of ketones is 1. The van der Waals surface area contributed by atoms with Crippen LogP contribution < -0.4 is 5.73 Å². The Labute approximate surface area is 114 Å². The summed E-state index contributed by atoms with van der Waals surface area (Å²) in [5.41, 5.74) is 8.29. The van der Waals surface area contributed by atoms with Gasteiger partial charge in [0.1, 0.15) is 5.78 Å². The van der Waals surface area contributed by atoms with Gasteiger partial charge in [0.15, 0.2) is 0 Å². The van der Waals surface area contributed by atoms with Gasteiger partial charge in [-0.05, 0) is 55.7 Å². The Hall–Kier alpha value is -1.22. The second-order valence-corrected chi connectivity index (χ2v) is 6.19. The molecular formula is C16H22N2O. The van der Waals surface area contributed by atoms with Crippen molar-refractivity contribution in [2.45, 2.75) is 50.9 Å². The quantitative estimate of drug-likeness (QED) is 0.903. The van der Waals surface area contributed by atoms with Crippen molar-refractivity contribution < 1.29 is 4.79 Å². The molecule has 102 valence electrons. The van der Waals surface area contributed by atoms with Crippen molar-refractivity contribution in [3.05, 3.63) is 29.6 Å². The number of aromatic nitrogens is 1. The lowest BCUT2D eigenvalue weighted by Crippen LogP contribution is -2.40. The predicted octanol–water partition coefficient (Wildman–Crippen LogP) is 2.59. The number of hydrogen-bond acceptors (Lipinski definition) is 3. The van der Waals surface area contributed by atoms with E-state index in [0.29, 0.717) is 18.7 Å². The maximum atomic E-state index is 12.6. The molecule has 3 nitrogen and oxygen atoms in total. The highest BCUT2D eigenvalue weighted by molar-refractivity contribution is 5.86. The lowest BCUT2D eigenvalue weighted by molar-refractivity contribution is -0.124. The molecule has 1 unspecified atom stereocenters. The summed E-state index contributed by atoms with van der Waals surface area (Å²) in [6.45, 7) is 0.653. The first kappa shape index (κ1) is 12.8. The Morgan fingerprint density at radius 2 is 2.26 bits per heavy atom. The van der Waals surface area contributed by atoms with Gasteiger partial charge in [-0.1, -0.05) is 12.5 Å². The number of fused-ring (bicyclic) bond motifs is 1. The first-order valence-corrected chi connectivity index (χ1v) is 7.41. The van der Waals surface area contributed by atoms with E-state index in [0.717, 1.165) is 37.8 Å². The number of carbonyl (C=O) groups excluding carboxylic acids is 1. The maximum absolute atomic E-state index is 12.6. The van der Waals surface area contributed by atoms with Crippen molar-refractivity contribution in [3.8, 4) is 0 Å². The molecule has 1 fully saturated rings. The normalized spacial score (nSPS) is 24.4. The summed E-state index contributed by atoms with van der Waals surface area (Å²) in [5, 5.41) is 0. The maximum Gasteiger partial charge on any atom is 0.142 e. The van der Waals surface area contributed by atoms with Crippen LogP contribution in [0.5, 0.6) is 0 Å². The van der Waals surface area contributed by atoms with Crippen molar-refractivity contribution in [3.63, 3.8) is 0 Å². The number of pyridine rings is 1. The molecule has 2 aliphatic rings. The zero-order valence-corrected chi connectivity index (χ0v) is 11.4. The van der Waals surface area contributed by atoms with Gasteiger partial charge in [-0.3, -0.25) is 9.78 Å². The van der Waals surface area contributed by atoms with E-state index in [4.69, 9.17) is 5.73 Å². The number of nitrogens with two attached hydrogens (primary N) is 1. The molecular weight excluding hydrogens is 236 g/mol. The lowest BCUT2D eigenvalue weighted by atomic mass is 9.64. The van der Waals surface area contributed by atoms with Crippen LogP contribution in [0.15, 0.2) is 18.3 Å². The van der Waals surface area contributed by atoms with Gasteiger partial charge in [0.2, 0.25) is 0 Å². The van der Waals surface area contributed by atoms with E-state index >= 15 is 0 Å². The largest absolute Gasteiger partial charge is 0.330 e. The van der Waals surface area contributed by atoms with Crippen LogP contribution in [0.4, 0.5) is 0 Å². The van der Waals surface area contributed by atoms with E-state index in [2.05, 4.69) is 11.1 Å². The highest BCUT2D eigenvalue weighted by Crippen LogP contribution is 2.45. The van der Waals surface area contributed by atoms with Gasteiger partial charge < -0.3 is 5.73 Å². The molecule has 1 saturated carbocycles. The molecule has 0 aliphatic heterocycles. The molecule has 1 aromatic heterocycles. The number of carbonyl (C=O) groups is 1. The van der Waals surface area contributed by atoms with E-state index in [-0.39, 0.29) is 11.3 Å². The van der Waals surface area contributed by atoms with Gasteiger partial charge in [0.25, 0.3) is 0 Å². The summed E-state index contributed by atoms with van der Waals surface area (Å²) in [6, 6.07) is 4.09. The van der Waals surface area contributed by atoms with Gasteiger partial charge in [-0.25, -0.2) is 0 Å². The zero-order valence-electron chi connectivity index (χ0n) is 11.4. The molecule has 0 amide bonds. The Kier molecular flexibility index (Phi) is 3.40. The van der Waals surface area contributed by atoms with E-state index in [1.54, 1.807) is 0 Å². The van der Waals surface area contributed by atoms with Gasteiger partial charge in [-0.2, -0.15) is 0 Å². The summed E-state index contributed by atoms with van der Waals surface area (Å²) in [6.07, 6.45) is 9.07. The van der Waals surface area contributed by atoms with Crippen molar-refractivity contribution in [2.24, 2.45) is 11.1 Å². The molecule has 1 heterocycles. The SMILES string of the molecule is NCC1(CC(=O)C2CCCc3cccnc32)CCC1. The van der Waals surface area contributed by atoms with Gasteiger partial charge >= 0.3 is 0 Å². The number of nitrogens with zero attached hydrogens (tertiary/aromatic N) is 1. The molecule has 0 spiro atoms. The highest BCUT2D eigenvalue weighted by Gasteiger charge is 2.40. The minimum Gasteiger partial charge on any atom is -0.330 e. The third kappa shape index (κ3) is 2.32. The molecule has 3 rings (SSSR count). The molecule has 0 radical (unpaired) electrons. The number of hydrogen-bond donors (Lipinski definition) is 1. The van der Waals surface area contributed by atoms with Crippen LogP contribution in [-0.2, 0) is 11.2 Å². The average Bonchev–Trinajstić information content (AvgIpc) is 2.42.